The average molecular weight is 193 g/mol. The summed E-state index contributed by atoms with van der Waals surface area (Å²) in [6.07, 6.45) is 1.80. The van der Waals surface area contributed by atoms with Crippen LogP contribution in [0.3, 0.4) is 0 Å². The topological polar surface area (TPSA) is 31.4 Å². The first-order chi connectivity index (χ1) is 6.67. The molecule has 1 aliphatic heterocycles. The van der Waals surface area contributed by atoms with Crippen molar-refractivity contribution in [2.45, 2.75) is 25.6 Å². The van der Waals surface area contributed by atoms with Crippen molar-refractivity contribution in [3.8, 4) is 0 Å². The summed E-state index contributed by atoms with van der Waals surface area (Å²) in [4.78, 5) is 4.29. The highest BCUT2D eigenvalue weighted by Crippen LogP contribution is 2.25. The van der Waals surface area contributed by atoms with Crippen LogP contribution in [0.4, 0.5) is 0 Å². The molecule has 1 aliphatic rings. The lowest BCUT2D eigenvalue weighted by Gasteiger charge is -2.34. The molecule has 14 heavy (non-hydrogen) atoms. The minimum absolute atomic E-state index is 0.268. The standard InChI is InChI=1S/C11H15NO2/c1-11(2)13-7-9(8-14-11)10-5-3-4-6-12-10/h3-6,9H,7-8H2,1-2H3. The molecule has 0 amide bonds. The number of aromatic nitrogens is 1. The SMILES string of the molecule is CC1(C)OCC(c2ccccn2)CO1. The van der Waals surface area contributed by atoms with E-state index in [-0.39, 0.29) is 5.92 Å². The quantitative estimate of drug-likeness (QED) is 0.683. The molecule has 1 fully saturated rings. The number of hydrogen-bond donors (Lipinski definition) is 0. The maximum atomic E-state index is 5.57. The van der Waals surface area contributed by atoms with Crippen LogP contribution >= 0.6 is 0 Å². The van der Waals surface area contributed by atoms with Crippen molar-refractivity contribution in [2.75, 3.05) is 13.2 Å². The molecule has 0 bridgehead atoms. The molecule has 0 aromatic carbocycles. The molecule has 0 unspecified atom stereocenters. The van der Waals surface area contributed by atoms with Crippen molar-refractivity contribution in [1.29, 1.82) is 0 Å². The molecule has 1 saturated heterocycles. The normalized spacial score (nSPS) is 22.1. The third-order valence-electron chi connectivity index (χ3n) is 2.37. The molecule has 3 nitrogen and oxygen atoms in total. The first-order valence-electron chi connectivity index (χ1n) is 4.86. The van der Waals surface area contributed by atoms with Crippen LogP contribution in [0.5, 0.6) is 0 Å². The Kier molecular flexibility index (Phi) is 2.52. The van der Waals surface area contributed by atoms with Gasteiger partial charge in [0.1, 0.15) is 0 Å². The van der Waals surface area contributed by atoms with Crippen molar-refractivity contribution in [2.24, 2.45) is 0 Å². The Labute approximate surface area is 84.1 Å². The maximum Gasteiger partial charge on any atom is 0.162 e. The van der Waals surface area contributed by atoms with Gasteiger partial charge in [-0.2, -0.15) is 0 Å². The third kappa shape index (κ3) is 2.11. The molecule has 1 aromatic heterocycles. The first kappa shape index (κ1) is 9.62. The van der Waals surface area contributed by atoms with Gasteiger partial charge in [-0.25, -0.2) is 0 Å². The van der Waals surface area contributed by atoms with Crippen molar-refractivity contribution >= 4 is 0 Å². The summed E-state index contributed by atoms with van der Waals surface area (Å²) in [6, 6.07) is 5.91. The molecule has 0 atom stereocenters. The van der Waals surface area contributed by atoms with Crippen LogP contribution < -0.4 is 0 Å². The highest BCUT2D eigenvalue weighted by Gasteiger charge is 2.29. The van der Waals surface area contributed by atoms with Crippen LogP contribution in [0, 0.1) is 0 Å². The number of rotatable bonds is 1. The average Bonchev–Trinajstić information content (AvgIpc) is 2.19. The van der Waals surface area contributed by atoms with E-state index in [0.717, 1.165) is 5.69 Å². The monoisotopic (exact) mass is 193 g/mol. The van der Waals surface area contributed by atoms with Gasteiger partial charge in [0.05, 0.1) is 13.2 Å². The number of nitrogens with zero attached hydrogens (tertiary/aromatic N) is 1. The summed E-state index contributed by atoms with van der Waals surface area (Å²) in [5.41, 5.74) is 1.04. The van der Waals surface area contributed by atoms with Gasteiger partial charge in [0.2, 0.25) is 0 Å². The fraction of sp³-hybridized carbons (Fsp3) is 0.545. The van der Waals surface area contributed by atoms with E-state index in [0.29, 0.717) is 13.2 Å². The maximum absolute atomic E-state index is 5.57. The molecule has 2 rings (SSSR count). The lowest BCUT2D eigenvalue weighted by molar-refractivity contribution is -0.251. The third-order valence-corrected chi connectivity index (χ3v) is 2.37. The van der Waals surface area contributed by atoms with Gasteiger partial charge in [0, 0.05) is 17.8 Å². The highest BCUT2D eigenvalue weighted by atomic mass is 16.7. The van der Waals surface area contributed by atoms with Gasteiger partial charge in [0.15, 0.2) is 5.79 Å². The summed E-state index contributed by atoms with van der Waals surface area (Å²) < 4.78 is 11.1. The summed E-state index contributed by atoms with van der Waals surface area (Å²) in [7, 11) is 0. The van der Waals surface area contributed by atoms with Crippen LogP contribution in [0.25, 0.3) is 0 Å². The first-order valence-corrected chi connectivity index (χ1v) is 4.86. The van der Waals surface area contributed by atoms with Crippen LogP contribution in [-0.2, 0) is 9.47 Å². The number of hydrogen-bond acceptors (Lipinski definition) is 3. The van der Waals surface area contributed by atoms with Crippen LogP contribution in [0.2, 0.25) is 0 Å². The largest absolute Gasteiger partial charge is 0.350 e. The Morgan fingerprint density at radius 1 is 1.29 bits per heavy atom. The van der Waals surface area contributed by atoms with Gasteiger partial charge in [-0.05, 0) is 26.0 Å². The Morgan fingerprint density at radius 2 is 2.00 bits per heavy atom. The zero-order valence-electron chi connectivity index (χ0n) is 8.56. The van der Waals surface area contributed by atoms with E-state index < -0.39 is 5.79 Å². The molecule has 0 N–H and O–H groups in total. The van der Waals surface area contributed by atoms with Crippen molar-refractivity contribution < 1.29 is 9.47 Å². The van der Waals surface area contributed by atoms with Crippen LogP contribution in [-0.4, -0.2) is 24.0 Å². The summed E-state index contributed by atoms with van der Waals surface area (Å²) in [5, 5.41) is 0. The minimum Gasteiger partial charge on any atom is -0.350 e. The highest BCUT2D eigenvalue weighted by molar-refractivity contribution is 5.10. The molecule has 0 aliphatic carbocycles. The van der Waals surface area contributed by atoms with Crippen molar-refractivity contribution in [1.82, 2.24) is 4.98 Å². The lowest BCUT2D eigenvalue weighted by Crippen LogP contribution is -2.38. The molecular formula is C11H15NO2. The number of ether oxygens (including phenoxy) is 2. The predicted molar refractivity (Wildman–Crippen MR) is 53.0 cm³/mol. The van der Waals surface area contributed by atoms with Crippen LogP contribution in [0.1, 0.15) is 25.5 Å². The van der Waals surface area contributed by atoms with Gasteiger partial charge in [0.25, 0.3) is 0 Å². The van der Waals surface area contributed by atoms with Gasteiger partial charge in [-0.1, -0.05) is 6.07 Å². The van der Waals surface area contributed by atoms with Gasteiger partial charge in [-0.3, -0.25) is 4.98 Å². The molecule has 0 saturated carbocycles. The predicted octanol–water partition coefficient (Wildman–Crippen LogP) is 1.95. The number of pyridine rings is 1. The van der Waals surface area contributed by atoms with E-state index in [2.05, 4.69) is 4.98 Å². The second-order valence-electron chi connectivity index (χ2n) is 3.97. The Hall–Kier alpha value is -0.930. The minimum atomic E-state index is -0.439. The fourth-order valence-corrected chi connectivity index (χ4v) is 1.48. The van der Waals surface area contributed by atoms with Gasteiger partial charge < -0.3 is 9.47 Å². The molecule has 0 spiro atoms. The van der Waals surface area contributed by atoms with Gasteiger partial charge in [-0.15, -0.1) is 0 Å². The molecule has 1 aromatic rings. The molecule has 76 valence electrons. The summed E-state index contributed by atoms with van der Waals surface area (Å²) in [6.45, 7) is 5.23. The zero-order valence-corrected chi connectivity index (χ0v) is 8.56. The van der Waals surface area contributed by atoms with Gasteiger partial charge >= 0.3 is 0 Å². The van der Waals surface area contributed by atoms with Crippen molar-refractivity contribution in [3.05, 3.63) is 30.1 Å². The lowest BCUT2D eigenvalue weighted by atomic mass is 10.1. The molecule has 2 heterocycles. The van der Waals surface area contributed by atoms with E-state index in [9.17, 15) is 0 Å². The second kappa shape index (κ2) is 3.67. The van der Waals surface area contributed by atoms with E-state index in [1.54, 1.807) is 6.20 Å². The fourth-order valence-electron chi connectivity index (χ4n) is 1.48. The molecule has 3 heteroatoms. The molecular weight excluding hydrogens is 178 g/mol. The Bertz CT molecular complexity index is 287. The van der Waals surface area contributed by atoms with E-state index in [4.69, 9.17) is 9.47 Å². The van der Waals surface area contributed by atoms with E-state index in [1.807, 2.05) is 32.0 Å². The summed E-state index contributed by atoms with van der Waals surface area (Å²) >= 11 is 0. The molecule has 0 radical (unpaired) electrons. The summed E-state index contributed by atoms with van der Waals surface area (Å²) in [5.74, 6) is -0.171. The Balaban J connectivity index is 2.03. The van der Waals surface area contributed by atoms with E-state index in [1.165, 1.54) is 0 Å². The van der Waals surface area contributed by atoms with Crippen molar-refractivity contribution in [3.63, 3.8) is 0 Å². The van der Waals surface area contributed by atoms with Crippen LogP contribution in [0.15, 0.2) is 24.4 Å². The smallest absolute Gasteiger partial charge is 0.162 e. The Morgan fingerprint density at radius 3 is 2.57 bits per heavy atom. The van der Waals surface area contributed by atoms with E-state index >= 15 is 0 Å². The zero-order chi connectivity index (χ0) is 10.0. The second-order valence-corrected chi connectivity index (χ2v) is 3.97.